The lowest BCUT2D eigenvalue weighted by Gasteiger charge is -2.18. The minimum Gasteiger partial charge on any atom is -0.436 e. The molecule has 0 radical (unpaired) electrons. The minimum atomic E-state index is -2.68. The van der Waals surface area contributed by atoms with E-state index in [4.69, 9.17) is 10.2 Å². The van der Waals surface area contributed by atoms with Gasteiger partial charge in [0, 0.05) is 6.16 Å². The largest absolute Gasteiger partial charge is 0.436 e. The number of hydrogen-bond acceptors (Lipinski definition) is 7. The second-order valence-corrected chi connectivity index (χ2v) is 7.89. The summed E-state index contributed by atoms with van der Waals surface area (Å²) in [6, 6.07) is 0. The standard InChI is InChI=1S/C10H19O7P/c1-6(11)16-9(13)8(5-18(3,4)15)10(14)17-7(2)12/h6-8,11-12H,5H2,1-4H3. The summed E-state index contributed by atoms with van der Waals surface area (Å²) in [4.78, 5) is 23.1. The van der Waals surface area contributed by atoms with Gasteiger partial charge in [0.1, 0.15) is 0 Å². The summed E-state index contributed by atoms with van der Waals surface area (Å²) in [7, 11) is -2.68. The lowest BCUT2D eigenvalue weighted by molar-refractivity contribution is -0.182. The van der Waals surface area contributed by atoms with Crippen molar-refractivity contribution in [2.24, 2.45) is 5.92 Å². The Kier molecular flexibility index (Phi) is 6.52. The van der Waals surface area contributed by atoms with Crippen molar-refractivity contribution < 1.29 is 33.8 Å². The first-order valence-corrected chi connectivity index (χ1v) is 8.12. The molecule has 0 fully saturated rings. The number of carbonyl (C=O) groups excluding carboxylic acids is 2. The quantitative estimate of drug-likeness (QED) is 0.305. The molecule has 0 heterocycles. The summed E-state index contributed by atoms with van der Waals surface area (Å²) in [5, 5.41) is 17.8. The van der Waals surface area contributed by atoms with Gasteiger partial charge in [0.25, 0.3) is 0 Å². The molecular weight excluding hydrogens is 263 g/mol. The van der Waals surface area contributed by atoms with Crippen LogP contribution in [-0.4, -0.2) is 54.2 Å². The first kappa shape index (κ1) is 17.1. The molecule has 0 spiro atoms. The minimum absolute atomic E-state index is 0.246. The Hall–Kier alpha value is -0.910. The molecule has 0 rings (SSSR count). The highest BCUT2D eigenvalue weighted by atomic mass is 31.2. The fourth-order valence-corrected chi connectivity index (χ4v) is 2.36. The van der Waals surface area contributed by atoms with Crippen LogP contribution in [0.2, 0.25) is 0 Å². The SMILES string of the molecule is CC(O)OC(=O)C(CP(C)(C)=O)C(=O)OC(C)O. The lowest BCUT2D eigenvalue weighted by Crippen LogP contribution is -2.34. The van der Waals surface area contributed by atoms with Crippen LogP contribution in [0, 0.1) is 5.92 Å². The number of carbonyl (C=O) groups is 2. The lowest BCUT2D eigenvalue weighted by atomic mass is 10.2. The fourth-order valence-electron chi connectivity index (χ4n) is 1.19. The Morgan fingerprint density at radius 1 is 1.06 bits per heavy atom. The molecule has 2 atom stereocenters. The number of hydrogen-bond donors (Lipinski definition) is 2. The van der Waals surface area contributed by atoms with E-state index in [-0.39, 0.29) is 6.16 Å². The van der Waals surface area contributed by atoms with E-state index < -0.39 is 37.6 Å². The fraction of sp³-hybridized carbons (Fsp3) is 0.800. The molecule has 0 saturated heterocycles. The Morgan fingerprint density at radius 2 is 1.39 bits per heavy atom. The molecule has 0 saturated carbocycles. The van der Waals surface area contributed by atoms with Crippen LogP contribution >= 0.6 is 7.14 Å². The van der Waals surface area contributed by atoms with Crippen molar-refractivity contribution in [3.05, 3.63) is 0 Å². The molecule has 2 unspecified atom stereocenters. The Bertz CT molecular complexity index is 322. The smallest absolute Gasteiger partial charge is 0.323 e. The van der Waals surface area contributed by atoms with Gasteiger partial charge in [-0.15, -0.1) is 0 Å². The van der Waals surface area contributed by atoms with Gasteiger partial charge in [-0.1, -0.05) is 0 Å². The van der Waals surface area contributed by atoms with Gasteiger partial charge >= 0.3 is 11.9 Å². The molecule has 18 heavy (non-hydrogen) atoms. The highest BCUT2D eigenvalue weighted by molar-refractivity contribution is 7.62. The van der Waals surface area contributed by atoms with Crippen LogP contribution in [0.15, 0.2) is 0 Å². The summed E-state index contributed by atoms with van der Waals surface area (Å²) < 4.78 is 20.6. The molecule has 8 heteroatoms. The van der Waals surface area contributed by atoms with E-state index >= 15 is 0 Å². The molecule has 0 aliphatic heterocycles. The number of ether oxygens (including phenoxy) is 2. The molecule has 0 aromatic carbocycles. The van der Waals surface area contributed by atoms with Gasteiger partial charge in [0.15, 0.2) is 18.5 Å². The average molecular weight is 282 g/mol. The van der Waals surface area contributed by atoms with E-state index in [1.165, 1.54) is 27.2 Å². The zero-order valence-corrected chi connectivity index (χ0v) is 11.7. The predicted octanol–water partition coefficient (Wildman–Crippen LogP) is -0.0117. The van der Waals surface area contributed by atoms with Crippen molar-refractivity contribution in [1.29, 1.82) is 0 Å². The number of rotatable bonds is 6. The summed E-state index contributed by atoms with van der Waals surface area (Å²) in [6.45, 7) is 5.22. The molecule has 106 valence electrons. The van der Waals surface area contributed by atoms with Gasteiger partial charge in [0.2, 0.25) is 0 Å². The number of aliphatic hydroxyl groups excluding tert-OH is 2. The molecular formula is C10H19O7P. The molecule has 0 bridgehead atoms. The normalized spacial score (nSPS) is 16.6. The third-order valence-corrected chi connectivity index (χ3v) is 3.01. The maximum atomic E-state index is 11.7. The molecule has 0 aliphatic carbocycles. The zero-order valence-electron chi connectivity index (χ0n) is 10.8. The van der Waals surface area contributed by atoms with Crippen LogP contribution in [0.25, 0.3) is 0 Å². The summed E-state index contributed by atoms with van der Waals surface area (Å²) in [5.41, 5.74) is 0. The maximum Gasteiger partial charge on any atom is 0.323 e. The van der Waals surface area contributed by atoms with Crippen molar-refractivity contribution in [2.45, 2.75) is 26.4 Å². The van der Waals surface area contributed by atoms with Crippen molar-refractivity contribution in [1.82, 2.24) is 0 Å². The summed E-state index contributed by atoms with van der Waals surface area (Å²) >= 11 is 0. The Morgan fingerprint density at radius 3 is 1.61 bits per heavy atom. The van der Waals surface area contributed by atoms with Crippen LogP contribution in [0.5, 0.6) is 0 Å². The van der Waals surface area contributed by atoms with Gasteiger partial charge in [-0.2, -0.15) is 0 Å². The van der Waals surface area contributed by atoms with E-state index in [0.717, 1.165) is 0 Å². The molecule has 0 amide bonds. The number of esters is 2. The molecule has 0 aromatic rings. The van der Waals surface area contributed by atoms with Gasteiger partial charge in [-0.05, 0) is 27.2 Å². The Balaban J connectivity index is 4.88. The van der Waals surface area contributed by atoms with Crippen LogP contribution in [0.3, 0.4) is 0 Å². The zero-order chi connectivity index (χ0) is 14.5. The topological polar surface area (TPSA) is 110 Å². The average Bonchev–Trinajstić information content (AvgIpc) is 2.09. The van der Waals surface area contributed by atoms with Crippen molar-refractivity contribution in [2.75, 3.05) is 19.5 Å². The van der Waals surface area contributed by atoms with E-state index in [0.29, 0.717) is 0 Å². The second-order valence-electron chi connectivity index (χ2n) is 4.38. The van der Waals surface area contributed by atoms with E-state index in [1.54, 1.807) is 0 Å². The van der Waals surface area contributed by atoms with Crippen molar-refractivity contribution in [3.63, 3.8) is 0 Å². The highest BCUT2D eigenvalue weighted by Crippen LogP contribution is 2.38. The van der Waals surface area contributed by atoms with Crippen LogP contribution < -0.4 is 0 Å². The van der Waals surface area contributed by atoms with E-state index in [2.05, 4.69) is 9.47 Å². The van der Waals surface area contributed by atoms with Gasteiger partial charge in [-0.3, -0.25) is 9.59 Å². The molecule has 2 N–H and O–H groups in total. The summed E-state index contributed by atoms with van der Waals surface area (Å²) in [5.74, 6) is -3.48. The molecule has 0 aliphatic rings. The third kappa shape index (κ3) is 7.42. The Labute approximate surface area is 105 Å². The third-order valence-electron chi connectivity index (χ3n) is 1.76. The van der Waals surface area contributed by atoms with Crippen LogP contribution in [-0.2, 0) is 23.6 Å². The maximum absolute atomic E-state index is 11.7. The first-order chi connectivity index (χ1) is 8.03. The summed E-state index contributed by atoms with van der Waals surface area (Å²) in [6.07, 6.45) is -3.01. The first-order valence-electron chi connectivity index (χ1n) is 5.34. The van der Waals surface area contributed by atoms with Crippen LogP contribution in [0.4, 0.5) is 0 Å². The monoisotopic (exact) mass is 282 g/mol. The van der Waals surface area contributed by atoms with Crippen molar-refractivity contribution >= 4 is 19.1 Å². The van der Waals surface area contributed by atoms with Gasteiger partial charge in [0.05, 0.1) is 7.14 Å². The van der Waals surface area contributed by atoms with Gasteiger partial charge < -0.3 is 24.3 Å². The van der Waals surface area contributed by atoms with E-state index in [9.17, 15) is 14.2 Å². The predicted molar refractivity (Wildman–Crippen MR) is 63.4 cm³/mol. The van der Waals surface area contributed by atoms with E-state index in [1.807, 2.05) is 0 Å². The van der Waals surface area contributed by atoms with Crippen molar-refractivity contribution in [3.8, 4) is 0 Å². The molecule has 0 aromatic heterocycles. The second kappa shape index (κ2) is 6.87. The highest BCUT2D eigenvalue weighted by Gasteiger charge is 2.35. The number of aliphatic hydroxyl groups is 2. The molecule has 7 nitrogen and oxygen atoms in total. The van der Waals surface area contributed by atoms with Crippen LogP contribution in [0.1, 0.15) is 13.8 Å². The van der Waals surface area contributed by atoms with Gasteiger partial charge in [-0.25, -0.2) is 0 Å².